The number of amides is 1. The smallest absolute Gasteiger partial charge is 0.272 e. The number of nitrogens with zero attached hydrogens (tertiary/aromatic N) is 4. The number of carbonyl (C=O) groups excluding carboxylic acids is 1. The summed E-state index contributed by atoms with van der Waals surface area (Å²) in [6, 6.07) is 9.98. The molecule has 1 fully saturated rings. The lowest BCUT2D eigenvalue weighted by molar-refractivity contribution is 0.0193. The molecule has 3 heterocycles. The van der Waals surface area contributed by atoms with E-state index in [1.165, 1.54) is 5.56 Å². The first-order valence-electron chi connectivity index (χ1n) is 8.46. The number of hydrogen-bond donors (Lipinski definition) is 0. The van der Waals surface area contributed by atoms with Crippen molar-refractivity contribution in [3.8, 4) is 0 Å². The molecule has 1 amide bonds. The minimum atomic E-state index is 0.0280. The van der Waals surface area contributed by atoms with Gasteiger partial charge in [0.05, 0.1) is 0 Å². The van der Waals surface area contributed by atoms with E-state index in [1.807, 2.05) is 29.4 Å². The number of pyridine rings is 2. The molecular weight excluding hydrogens is 300 g/mol. The van der Waals surface area contributed by atoms with Crippen molar-refractivity contribution in [3.63, 3.8) is 0 Å². The van der Waals surface area contributed by atoms with Crippen LogP contribution in [-0.2, 0) is 6.54 Å². The molecule has 0 spiro atoms. The van der Waals surface area contributed by atoms with E-state index in [1.54, 1.807) is 12.3 Å². The molecule has 0 atom stereocenters. The molecule has 0 N–H and O–H groups in total. The molecule has 5 heteroatoms. The van der Waals surface area contributed by atoms with E-state index in [2.05, 4.69) is 40.8 Å². The van der Waals surface area contributed by atoms with Crippen molar-refractivity contribution >= 4 is 5.91 Å². The second kappa shape index (κ2) is 7.53. The summed E-state index contributed by atoms with van der Waals surface area (Å²) in [7, 11) is 0. The van der Waals surface area contributed by atoms with Gasteiger partial charge in [0.15, 0.2) is 0 Å². The van der Waals surface area contributed by atoms with Gasteiger partial charge in [-0.15, -0.1) is 0 Å². The summed E-state index contributed by atoms with van der Waals surface area (Å²) >= 11 is 0. The Bertz CT molecular complexity index is 654. The molecule has 0 bridgehead atoms. The lowest BCUT2D eigenvalue weighted by Gasteiger charge is -2.46. The molecule has 2 aromatic heterocycles. The van der Waals surface area contributed by atoms with E-state index in [0.717, 1.165) is 26.2 Å². The molecule has 0 unspecified atom stereocenters. The Hall–Kier alpha value is -2.27. The van der Waals surface area contributed by atoms with Crippen LogP contribution in [0.1, 0.15) is 29.9 Å². The van der Waals surface area contributed by atoms with Crippen molar-refractivity contribution in [3.05, 3.63) is 60.2 Å². The normalized spacial score (nSPS) is 14.9. The van der Waals surface area contributed by atoms with Crippen molar-refractivity contribution < 1.29 is 4.79 Å². The summed E-state index contributed by atoms with van der Waals surface area (Å²) < 4.78 is 0. The largest absolute Gasteiger partial charge is 0.334 e. The van der Waals surface area contributed by atoms with Crippen LogP contribution in [0.15, 0.2) is 48.9 Å². The summed E-state index contributed by atoms with van der Waals surface area (Å²) in [5.41, 5.74) is 1.79. The first-order chi connectivity index (χ1) is 11.6. The van der Waals surface area contributed by atoms with Gasteiger partial charge in [-0.2, -0.15) is 0 Å². The van der Waals surface area contributed by atoms with Crippen molar-refractivity contribution in [2.75, 3.05) is 19.6 Å². The van der Waals surface area contributed by atoms with E-state index in [9.17, 15) is 4.79 Å². The average molecular weight is 324 g/mol. The summed E-state index contributed by atoms with van der Waals surface area (Å²) in [4.78, 5) is 25.0. The lowest BCUT2D eigenvalue weighted by atomic mass is 10.0. The molecule has 5 nitrogen and oxygen atoms in total. The Kier molecular flexibility index (Phi) is 5.20. The Morgan fingerprint density at radius 1 is 1.21 bits per heavy atom. The second-order valence-electron chi connectivity index (χ2n) is 6.76. The highest BCUT2D eigenvalue weighted by atomic mass is 16.2. The molecule has 126 valence electrons. The monoisotopic (exact) mass is 324 g/mol. The maximum atomic E-state index is 12.4. The van der Waals surface area contributed by atoms with Gasteiger partial charge < -0.3 is 4.90 Å². The molecule has 0 saturated carbocycles. The van der Waals surface area contributed by atoms with Gasteiger partial charge in [-0.25, -0.2) is 0 Å². The van der Waals surface area contributed by atoms with Gasteiger partial charge >= 0.3 is 0 Å². The number of aromatic nitrogens is 2. The highest BCUT2D eigenvalue weighted by Gasteiger charge is 2.35. The SMILES string of the molecule is CC(C)CN(Cc1ccncc1)C1CN(C(=O)c2ccccn2)C1. The Labute approximate surface area is 143 Å². The highest BCUT2D eigenvalue weighted by Crippen LogP contribution is 2.20. The van der Waals surface area contributed by atoms with Gasteiger partial charge in [0.1, 0.15) is 5.69 Å². The second-order valence-corrected chi connectivity index (χ2v) is 6.76. The van der Waals surface area contributed by atoms with E-state index in [0.29, 0.717) is 17.7 Å². The molecule has 1 saturated heterocycles. The van der Waals surface area contributed by atoms with Crippen LogP contribution in [-0.4, -0.2) is 51.4 Å². The zero-order chi connectivity index (χ0) is 16.9. The van der Waals surface area contributed by atoms with Crippen LogP contribution in [0.2, 0.25) is 0 Å². The van der Waals surface area contributed by atoms with Crippen LogP contribution in [0.5, 0.6) is 0 Å². The van der Waals surface area contributed by atoms with Gasteiger partial charge in [0.25, 0.3) is 5.91 Å². The van der Waals surface area contributed by atoms with Crippen LogP contribution in [0.25, 0.3) is 0 Å². The fraction of sp³-hybridized carbons (Fsp3) is 0.421. The van der Waals surface area contributed by atoms with E-state index >= 15 is 0 Å². The van der Waals surface area contributed by atoms with E-state index < -0.39 is 0 Å². The maximum Gasteiger partial charge on any atom is 0.272 e. The molecule has 0 aromatic carbocycles. The van der Waals surface area contributed by atoms with Crippen LogP contribution in [0, 0.1) is 5.92 Å². The van der Waals surface area contributed by atoms with Gasteiger partial charge in [0.2, 0.25) is 0 Å². The zero-order valence-electron chi connectivity index (χ0n) is 14.3. The van der Waals surface area contributed by atoms with Crippen molar-refractivity contribution in [2.45, 2.75) is 26.4 Å². The molecular formula is C19H24N4O. The van der Waals surface area contributed by atoms with Crippen LogP contribution in [0.3, 0.4) is 0 Å². The van der Waals surface area contributed by atoms with Crippen LogP contribution < -0.4 is 0 Å². The standard InChI is InChI=1S/C19H24N4O/c1-15(2)11-22(12-16-6-9-20-10-7-16)17-13-23(14-17)19(24)18-5-3-4-8-21-18/h3-10,15,17H,11-14H2,1-2H3. The number of hydrogen-bond acceptors (Lipinski definition) is 4. The van der Waals surface area contributed by atoms with Gasteiger partial charge in [-0.3, -0.25) is 19.7 Å². The summed E-state index contributed by atoms with van der Waals surface area (Å²) in [6.45, 7) is 7.93. The van der Waals surface area contributed by atoms with Crippen molar-refractivity contribution in [1.29, 1.82) is 0 Å². The Morgan fingerprint density at radius 3 is 2.58 bits per heavy atom. The maximum absolute atomic E-state index is 12.4. The lowest BCUT2D eigenvalue weighted by Crippen LogP contribution is -2.61. The van der Waals surface area contributed by atoms with Crippen LogP contribution in [0.4, 0.5) is 0 Å². The minimum Gasteiger partial charge on any atom is -0.334 e. The highest BCUT2D eigenvalue weighted by molar-refractivity contribution is 5.92. The summed E-state index contributed by atoms with van der Waals surface area (Å²) in [6.07, 6.45) is 5.33. The molecule has 2 aromatic rings. The molecule has 1 aliphatic rings. The molecule has 0 radical (unpaired) electrons. The first kappa shape index (κ1) is 16.6. The number of likely N-dealkylation sites (tertiary alicyclic amines) is 1. The third-order valence-electron chi connectivity index (χ3n) is 4.28. The third-order valence-corrected chi connectivity index (χ3v) is 4.28. The predicted octanol–water partition coefficient (Wildman–Crippen LogP) is 2.46. The predicted molar refractivity (Wildman–Crippen MR) is 93.4 cm³/mol. The number of carbonyl (C=O) groups is 1. The molecule has 3 rings (SSSR count). The Balaban J connectivity index is 1.61. The molecule has 1 aliphatic heterocycles. The van der Waals surface area contributed by atoms with Crippen LogP contribution >= 0.6 is 0 Å². The summed E-state index contributed by atoms with van der Waals surface area (Å²) in [5.74, 6) is 0.618. The van der Waals surface area contributed by atoms with Gasteiger partial charge in [-0.1, -0.05) is 19.9 Å². The third kappa shape index (κ3) is 3.97. The molecule has 0 aliphatic carbocycles. The fourth-order valence-corrected chi connectivity index (χ4v) is 3.04. The van der Waals surface area contributed by atoms with Crippen molar-refractivity contribution in [2.24, 2.45) is 5.92 Å². The summed E-state index contributed by atoms with van der Waals surface area (Å²) in [5, 5.41) is 0. The quantitative estimate of drug-likeness (QED) is 0.819. The van der Waals surface area contributed by atoms with Gasteiger partial charge in [0, 0.05) is 50.8 Å². The van der Waals surface area contributed by atoms with Crippen molar-refractivity contribution in [1.82, 2.24) is 19.8 Å². The van der Waals surface area contributed by atoms with E-state index in [-0.39, 0.29) is 5.91 Å². The number of rotatable bonds is 6. The first-order valence-corrected chi connectivity index (χ1v) is 8.46. The molecule has 24 heavy (non-hydrogen) atoms. The Morgan fingerprint density at radius 2 is 1.96 bits per heavy atom. The zero-order valence-corrected chi connectivity index (χ0v) is 14.3. The van der Waals surface area contributed by atoms with Gasteiger partial charge in [-0.05, 0) is 35.7 Å². The topological polar surface area (TPSA) is 49.3 Å². The van der Waals surface area contributed by atoms with E-state index in [4.69, 9.17) is 0 Å². The average Bonchev–Trinajstić information content (AvgIpc) is 2.54. The fourth-order valence-electron chi connectivity index (χ4n) is 3.04. The minimum absolute atomic E-state index is 0.0280.